The normalized spacial score (nSPS) is 12.6. The minimum atomic E-state index is -4.57. The van der Waals surface area contributed by atoms with Gasteiger partial charge in [-0.2, -0.15) is 13.2 Å². The Bertz CT molecular complexity index is 526. The van der Waals surface area contributed by atoms with Crippen LogP contribution in [0, 0.1) is 6.92 Å². The van der Waals surface area contributed by atoms with Gasteiger partial charge in [-0.1, -0.05) is 11.6 Å². The van der Waals surface area contributed by atoms with Gasteiger partial charge in [-0.05, 0) is 37.1 Å². The minimum absolute atomic E-state index is 0.174. The number of carbonyl (C=O) groups is 1. The quantitative estimate of drug-likeness (QED) is 0.659. The molecule has 0 spiro atoms. The summed E-state index contributed by atoms with van der Waals surface area (Å²) in [5.41, 5.74) is 5.86. The summed E-state index contributed by atoms with van der Waals surface area (Å²) in [5, 5.41) is 4.70. The third kappa shape index (κ3) is 6.96. The van der Waals surface area contributed by atoms with E-state index in [4.69, 9.17) is 22.1 Å². The van der Waals surface area contributed by atoms with Gasteiger partial charge in [0, 0.05) is 18.1 Å². The molecule has 9 heteroatoms. The Balaban J connectivity index is 2.25. The van der Waals surface area contributed by atoms with E-state index < -0.39 is 24.8 Å². The predicted octanol–water partition coefficient (Wildman–Crippen LogP) is 2.61. The first-order chi connectivity index (χ1) is 10.7. The van der Waals surface area contributed by atoms with Gasteiger partial charge in [-0.25, -0.2) is 4.79 Å². The van der Waals surface area contributed by atoms with Gasteiger partial charge in [0.1, 0.15) is 11.8 Å². The molecule has 0 aliphatic carbocycles. The van der Waals surface area contributed by atoms with Crippen LogP contribution in [0.3, 0.4) is 0 Å². The molecule has 1 atom stereocenters. The number of halogens is 4. The van der Waals surface area contributed by atoms with Crippen molar-refractivity contribution in [1.29, 1.82) is 0 Å². The van der Waals surface area contributed by atoms with Crippen LogP contribution in [0.5, 0.6) is 5.75 Å². The van der Waals surface area contributed by atoms with Crippen molar-refractivity contribution in [3.63, 3.8) is 0 Å². The summed E-state index contributed by atoms with van der Waals surface area (Å²) in [7, 11) is 0. The van der Waals surface area contributed by atoms with Gasteiger partial charge < -0.3 is 21.1 Å². The van der Waals surface area contributed by atoms with E-state index in [0.29, 0.717) is 23.8 Å². The summed E-state index contributed by atoms with van der Waals surface area (Å²) < 4.78 is 42.8. The Kier molecular flexibility index (Phi) is 7.44. The van der Waals surface area contributed by atoms with Crippen molar-refractivity contribution in [2.45, 2.75) is 25.6 Å². The molecule has 0 heterocycles. The zero-order chi connectivity index (χ0) is 17.5. The first-order valence-electron chi connectivity index (χ1n) is 6.94. The van der Waals surface area contributed by atoms with Crippen LogP contribution in [0.25, 0.3) is 0 Å². The van der Waals surface area contributed by atoms with Crippen LogP contribution in [0.2, 0.25) is 5.02 Å². The van der Waals surface area contributed by atoms with Gasteiger partial charge in [0.2, 0.25) is 0 Å². The summed E-state index contributed by atoms with van der Waals surface area (Å²) in [6.45, 7) is 1.61. The lowest BCUT2D eigenvalue weighted by molar-refractivity contribution is -0.150. The molecule has 0 aromatic heterocycles. The topological polar surface area (TPSA) is 76.4 Å². The van der Waals surface area contributed by atoms with Gasteiger partial charge in [-0.15, -0.1) is 0 Å². The van der Waals surface area contributed by atoms with Gasteiger partial charge in [-0.3, -0.25) is 0 Å². The van der Waals surface area contributed by atoms with Crippen LogP contribution in [-0.2, 0) is 0 Å². The third-order valence-corrected chi connectivity index (χ3v) is 3.17. The first kappa shape index (κ1) is 19.4. The molecular weight excluding hydrogens is 335 g/mol. The molecule has 1 unspecified atom stereocenters. The van der Waals surface area contributed by atoms with Crippen LogP contribution in [-0.4, -0.2) is 37.9 Å². The zero-order valence-electron chi connectivity index (χ0n) is 12.5. The molecule has 5 nitrogen and oxygen atoms in total. The molecule has 130 valence electrons. The Labute approximate surface area is 137 Å². The predicted molar refractivity (Wildman–Crippen MR) is 81.7 cm³/mol. The fourth-order valence-electron chi connectivity index (χ4n) is 1.71. The molecule has 2 amide bonds. The van der Waals surface area contributed by atoms with Crippen LogP contribution in [0.1, 0.15) is 12.0 Å². The Morgan fingerprint density at radius 1 is 1.43 bits per heavy atom. The van der Waals surface area contributed by atoms with E-state index in [9.17, 15) is 18.0 Å². The van der Waals surface area contributed by atoms with E-state index in [0.717, 1.165) is 5.56 Å². The van der Waals surface area contributed by atoms with Crippen molar-refractivity contribution in [3.05, 3.63) is 28.8 Å². The van der Waals surface area contributed by atoms with Crippen LogP contribution < -0.4 is 21.1 Å². The molecule has 0 aliphatic rings. The van der Waals surface area contributed by atoms with E-state index in [1.54, 1.807) is 23.5 Å². The van der Waals surface area contributed by atoms with Crippen LogP contribution >= 0.6 is 11.6 Å². The van der Waals surface area contributed by atoms with Crippen molar-refractivity contribution < 1.29 is 22.7 Å². The maximum Gasteiger partial charge on any atom is 0.409 e. The Hall–Kier alpha value is -1.67. The molecule has 0 radical (unpaired) electrons. The second-order valence-corrected chi connectivity index (χ2v) is 5.28. The van der Waals surface area contributed by atoms with E-state index in [1.807, 2.05) is 6.92 Å². The van der Waals surface area contributed by atoms with Gasteiger partial charge >= 0.3 is 12.2 Å². The number of urea groups is 1. The Morgan fingerprint density at radius 3 is 2.70 bits per heavy atom. The lowest BCUT2D eigenvalue weighted by Crippen LogP contribution is -2.53. The van der Waals surface area contributed by atoms with Gasteiger partial charge in [0.05, 0.1) is 6.61 Å². The average molecular weight is 354 g/mol. The molecule has 0 aliphatic heterocycles. The number of ether oxygens (including phenoxy) is 1. The number of rotatable bonds is 7. The molecule has 23 heavy (non-hydrogen) atoms. The number of nitrogens with two attached hydrogens (primary N) is 1. The van der Waals surface area contributed by atoms with Crippen LogP contribution in [0.4, 0.5) is 18.0 Å². The van der Waals surface area contributed by atoms with E-state index in [1.165, 1.54) is 0 Å². The zero-order valence-corrected chi connectivity index (χ0v) is 13.3. The molecule has 0 bridgehead atoms. The van der Waals surface area contributed by atoms with Gasteiger partial charge in [0.15, 0.2) is 0 Å². The summed E-state index contributed by atoms with van der Waals surface area (Å²) >= 11 is 5.82. The first-order valence-corrected chi connectivity index (χ1v) is 7.32. The highest BCUT2D eigenvalue weighted by atomic mass is 35.5. The fourth-order valence-corrected chi connectivity index (χ4v) is 1.94. The number of hydrogen-bond donors (Lipinski definition) is 3. The van der Waals surface area contributed by atoms with Crippen molar-refractivity contribution in [2.75, 3.05) is 19.7 Å². The number of aryl methyl sites for hydroxylation is 1. The molecule has 1 aromatic rings. The second-order valence-electron chi connectivity index (χ2n) is 4.84. The lowest BCUT2D eigenvalue weighted by atomic mass is 10.2. The summed E-state index contributed by atoms with van der Waals surface area (Å²) in [4.78, 5) is 11.4. The maximum absolute atomic E-state index is 12.4. The number of amides is 2. The highest BCUT2D eigenvalue weighted by Crippen LogP contribution is 2.21. The smallest absolute Gasteiger partial charge is 0.409 e. The number of hydrogen-bond acceptors (Lipinski definition) is 3. The van der Waals surface area contributed by atoms with Crippen molar-refractivity contribution in [1.82, 2.24) is 10.6 Å². The van der Waals surface area contributed by atoms with Crippen molar-refractivity contribution in [3.8, 4) is 5.75 Å². The highest BCUT2D eigenvalue weighted by molar-refractivity contribution is 6.30. The van der Waals surface area contributed by atoms with Gasteiger partial charge in [0.25, 0.3) is 0 Å². The molecule has 0 saturated carbocycles. The van der Waals surface area contributed by atoms with Crippen LogP contribution in [0.15, 0.2) is 18.2 Å². The third-order valence-electron chi connectivity index (χ3n) is 2.94. The minimum Gasteiger partial charge on any atom is -0.493 e. The van der Waals surface area contributed by atoms with E-state index >= 15 is 0 Å². The Morgan fingerprint density at radius 2 is 2.13 bits per heavy atom. The summed E-state index contributed by atoms with van der Waals surface area (Å²) in [5.74, 6) is 0.666. The lowest BCUT2D eigenvalue weighted by Gasteiger charge is -2.20. The number of carbonyl (C=O) groups excluding carboxylic acids is 1. The molecule has 1 rings (SSSR count). The highest BCUT2D eigenvalue weighted by Gasteiger charge is 2.39. The standard InChI is InChI=1S/C14H19ClF3N3O2/c1-9-7-10(15)3-4-11(9)23-6-2-5-20-13(22)21-12(8-19)14(16,17)18/h3-4,7,12H,2,5-6,8,19H2,1H3,(H2,20,21,22). The number of alkyl halides is 3. The SMILES string of the molecule is Cc1cc(Cl)ccc1OCCCNC(=O)NC(CN)C(F)(F)F. The molecule has 4 N–H and O–H groups in total. The summed E-state index contributed by atoms with van der Waals surface area (Å²) in [6.07, 6.45) is -4.13. The number of benzene rings is 1. The average Bonchev–Trinajstić information content (AvgIpc) is 2.45. The fraction of sp³-hybridized carbons (Fsp3) is 0.500. The van der Waals surface area contributed by atoms with Crippen molar-refractivity contribution in [2.24, 2.45) is 5.73 Å². The van der Waals surface area contributed by atoms with E-state index in [-0.39, 0.29) is 6.54 Å². The molecule has 0 fully saturated rings. The summed E-state index contributed by atoms with van der Waals surface area (Å²) in [6, 6.07) is 2.20. The largest absolute Gasteiger partial charge is 0.493 e. The molecule has 0 saturated heterocycles. The van der Waals surface area contributed by atoms with E-state index in [2.05, 4.69) is 5.32 Å². The maximum atomic E-state index is 12.4. The van der Waals surface area contributed by atoms with Crippen molar-refractivity contribution >= 4 is 17.6 Å². The molecule has 1 aromatic carbocycles. The molecular formula is C14H19ClF3N3O2. The number of nitrogens with one attached hydrogen (secondary N) is 2. The monoisotopic (exact) mass is 353 g/mol. The second kappa shape index (κ2) is 8.83.